The molecule has 4 nitrogen and oxygen atoms in total. The van der Waals surface area contributed by atoms with Crippen LogP contribution in [0.5, 0.6) is 0 Å². The number of hydrogen-bond acceptors (Lipinski definition) is 4. The van der Waals surface area contributed by atoms with Crippen molar-refractivity contribution in [2.75, 3.05) is 26.3 Å². The molecular formula is C14H29N3O. The number of nitrogens with two attached hydrogens (primary N) is 2. The van der Waals surface area contributed by atoms with Crippen LogP contribution in [0.3, 0.4) is 0 Å². The lowest BCUT2D eigenvalue weighted by molar-refractivity contribution is -0.0818. The van der Waals surface area contributed by atoms with E-state index in [1.165, 1.54) is 25.8 Å². The smallest absolute Gasteiger partial charge is 0.0672 e. The van der Waals surface area contributed by atoms with Crippen molar-refractivity contribution < 1.29 is 4.74 Å². The van der Waals surface area contributed by atoms with Gasteiger partial charge in [0.1, 0.15) is 0 Å². The minimum atomic E-state index is -0.0518. The second-order valence-electron chi connectivity index (χ2n) is 6.51. The van der Waals surface area contributed by atoms with Gasteiger partial charge in [0.05, 0.1) is 24.9 Å². The minimum Gasteiger partial charge on any atom is -0.377 e. The van der Waals surface area contributed by atoms with E-state index in [9.17, 15) is 0 Å². The van der Waals surface area contributed by atoms with Crippen LogP contribution in [0.25, 0.3) is 0 Å². The van der Waals surface area contributed by atoms with E-state index >= 15 is 0 Å². The van der Waals surface area contributed by atoms with Gasteiger partial charge in [-0.25, -0.2) is 0 Å². The summed E-state index contributed by atoms with van der Waals surface area (Å²) in [6, 6.07) is 0. The predicted molar refractivity (Wildman–Crippen MR) is 74.1 cm³/mol. The molecule has 2 aliphatic rings. The Morgan fingerprint density at radius 2 is 2.06 bits per heavy atom. The molecule has 0 saturated carbocycles. The Morgan fingerprint density at radius 3 is 2.56 bits per heavy atom. The zero-order valence-corrected chi connectivity index (χ0v) is 11.9. The van der Waals surface area contributed by atoms with Gasteiger partial charge in [-0.1, -0.05) is 13.8 Å². The molecule has 0 spiro atoms. The van der Waals surface area contributed by atoms with Gasteiger partial charge >= 0.3 is 0 Å². The zero-order valence-electron chi connectivity index (χ0n) is 11.9. The maximum atomic E-state index is 6.26. The first-order chi connectivity index (χ1) is 8.51. The molecule has 0 aromatic heterocycles. The molecule has 2 unspecified atom stereocenters. The molecule has 4 N–H and O–H groups in total. The zero-order chi connectivity index (χ0) is 13.2. The lowest BCUT2D eigenvalue weighted by Crippen LogP contribution is -2.61. The monoisotopic (exact) mass is 255 g/mol. The van der Waals surface area contributed by atoms with Crippen LogP contribution in [-0.2, 0) is 4.74 Å². The average Bonchev–Trinajstić information content (AvgIpc) is 2.69. The molecule has 18 heavy (non-hydrogen) atoms. The molecule has 0 radical (unpaired) electrons. The molecule has 0 amide bonds. The fourth-order valence-corrected chi connectivity index (χ4v) is 3.01. The number of nitrogens with zero attached hydrogens (tertiary/aromatic N) is 1. The van der Waals surface area contributed by atoms with Crippen LogP contribution in [0, 0.1) is 11.8 Å². The Bertz CT molecular complexity index is 268. The highest BCUT2D eigenvalue weighted by molar-refractivity contribution is 4.95. The molecule has 0 aliphatic carbocycles. The van der Waals surface area contributed by atoms with Gasteiger partial charge in [0.2, 0.25) is 0 Å². The van der Waals surface area contributed by atoms with E-state index < -0.39 is 0 Å². The Morgan fingerprint density at radius 1 is 1.33 bits per heavy atom. The molecule has 2 rings (SSSR count). The van der Waals surface area contributed by atoms with Crippen LogP contribution in [0.2, 0.25) is 0 Å². The van der Waals surface area contributed by atoms with Crippen LogP contribution in [0.1, 0.15) is 39.5 Å². The van der Waals surface area contributed by atoms with E-state index in [0.717, 1.165) is 26.2 Å². The van der Waals surface area contributed by atoms with Crippen molar-refractivity contribution in [2.24, 2.45) is 23.3 Å². The van der Waals surface area contributed by atoms with Gasteiger partial charge in [-0.2, -0.15) is 0 Å². The highest BCUT2D eigenvalue weighted by Gasteiger charge is 2.39. The predicted octanol–water partition coefficient (Wildman–Crippen LogP) is 1.15. The summed E-state index contributed by atoms with van der Waals surface area (Å²) in [4.78, 5) is 2.43. The Balaban J connectivity index is 1.66. The molecule has 0 bridgehead atoms. The summed E-state index contributed by atoms with van der Waals surface area (Å²) >= 11 is 0. The molecule has 0 aromatic rings. The molecule has 2 aliphatic heterocycles. The normalized spacial score (nSPS) is 31.0. The Kier molecular flexibility index (Phi) is 4.64. The summed E-state index contributed by atoms with van der Waals surface area (Å²) in [7, 11) is 0. The topological polar surface area (TPSA) is 64.5 Å². The minimum absolute atomic E-state index is 0.0518. The summed E-state index contributed by atoms with van der Waals surface area (Å²) in [5.74, 6) is 1.27. The maximum absolute atomic E-state index is 6.26. The lowest BCUT2D eigenvalue weighted by Gasteiger charge is -2.43. The van der Waals surface area contributed by atoms with Crippen molar-refractivity contribution in [3.8, 4) is 0 Å². The van der Waals surface area contributed by atoms with Gasteiger partial charge in [-0.3, -0.25) is 4.90 Å². The van der Waals surface area contributed by atoms with Crippen LogP contribution in [0.4, 0.5) is 0 Å². The van der Waals surface area contributed by atoms with Crippen LogP contribution in [0.15, 0.2) is 0 Å². The molecule has 2 fully saturated rings. The second kappa shape index (κ2) is 5.87. The van der Waals surface area contributed by atoms with Gasteiger partial charge in [-0.15, -0.1) is 0 Å². The first-order valence-electron chi connectivity index (χ1n) is 7.37. The van der Waals surface area contributed by atoms with Crippen molar-refractivity contribution in [1.29, 1.82) is 0 Å². The fraction of sp³-hybridized carbons (Fsp3) is 1.00. The van der Waals surface area contributed by atoms with Crippen molar-refractivity contribution in [3.05, 3.63) is 0 Å². The molecule has 0 aromatic carbocycles. The molecule has 2 saturated heterocycles. The lowest BCUT2D eigenvalue weighted by atomic mass is 9.80. The van der Waals surface area contributed by atoms with Crippen molar-refractivity contribution in [2.45, 2.75) is 51.2 Å². The van der Waals surface area contributed by atoms with E-state index in [1.807, 2.05) is 0 Å². The van der Waals surface area contributed by atoms with Gasteiger partial charge < -0.3 is 16.2 Å². The number of rotatable bonds is 6. The van der Waals surface area contributed by atoms with Crippen LogP contribution < -0.4 is 11.5 Å². The summed E-state index contributed by atoms with van der Waals surface area (Å²) in [6.07, 6.45) is 5.15. The quantitative estimate of drug-likeness (QED) is 0.747. The standard InChI is InChI=1S/C14H29N3O/c1-11(8-17-7-3-4-13(17)15)5-6-12(2)14(16)9-18-10-14/h11-13H,3-10,15-16H2,1-2H3/t11?,12?,13-/m1/s1. The SMILES string of the molecule is CC(CCC(C)C1(N)COC1)CN1CCC[C@@H]1N. The highest BCUT2D eigenvalue weighted by atomic mass is 16.5. The third kappa shape index (κ3) is 3.23. The van der Waals surface area contributed by atoms with Crippen LogP contribution >= 0.6 is 0 Å². The van der Waals surface area contributed by atoms with Gasteiger partial charge in [0, 0.05) is 6.54 Å². The first kappa shape index (κ1) is 14.3. The average molecular weight is 255 g/mol. The van der Waals surface area contributed by atoms with E-state index in [4.69, 9.17) is 16.2 Å². The van der Waals surface area contributed by atoms with E-state index in [2.05, 4.69) is 18.7 Å². The molecule has 4 heteroatoms. The van der Waals surface area contributed by atoms with Crippen molar-refractivity contribution >= 4 is 0 Å². The Hall–Kier alpha value is -0.160. The third-order valence-electron chi connectivity index (χ3n) is 4.78. The number of likely N-dealkylation sites (tertiary alicyclic amines) is 1. The van der Waals surface area contributed by atoms with Crippen molar-refractivity contribution in [3.63, 3.8) is 0 Å². The fourth-order valence-electron chi connectivity index (χ4n) is 3.01. The van der Waals surface area contributed by atoms with E-state index in [-0.39, 0.29) is 5.54 Å². The number of hydrogen-bond donors (Lipinski definition) is 2. The van der Waals surface area contributed by atoms with E-state index in [0.29, 0.717) is 18.0 Å². The summed E-state index contributed by atoms with van der Waals surface area (Å²) < 4.78 is 5.24. The van der Waals surface area contributed by atoms with Crippen LogP contribution in [-0.4, -0.2) is 42.9 Å². The largest absolute Gasteiger partial charge is 0.377 e. The summed E-state index contributed by atoms with van der Waals surface area (Å²) in [5.41, 5.74) is 12.3. The van der Waals surface area contributed by atoms with Gasteiger partial charge in [0.25, 0.3) is 0 Å². The second-order valence-corrected chi connectivity index (χ2v) is 6.51. The first-order valence-corrected chi connectivity index (χ1v) is 7.37. The highest BCUT2D eigenvalue weighted by Crippen LogP contribution is 2.28. The third-order valence-corrected chi connectivity index (χ3v) is 4.78. The molecular weight excluding hydrogens is 226 g/mol. The van der Waals surface area contributed by atoms with Gasteiger partial charge in [0.15, 0.2) is 0 Å². The summed E-state index contributed by atoms with van der Waals surface area (Å²) in [6.45, 7) is 8.38. The molecule has 106 valence electrons. The van der Waals surface area contributed by atoms with Crippen molar-refractivity contribution in [1.82, 2.24) is 4.90 Å². The maximum Gasteiger partial charge on any atom is 0.0672 e. The summed E-state index contributed by atoms with van der Waals surface area (Å²) in [5, 5.41) is 0. The van der Waals surface area contributed by atoms with E-state index in [1.54, 1.807) is 0 Å². The van der Waals surface area contributed by atoms with Gasteiger partial charge in [-0.05, 0) is 44.1 Å². The molecule has 3 atom stereocenters. The number of ether oxygens (including phenoxy) is 1. The Labute approximate surface area is 111 Å². The molecule has 2 heterocycles.